The maximum Gasteiger partial charge on any atom is 0.335 e. The molecule has 0 saturated heterocycles. The zero-order valence-corrected chi connectivity index (χ0v) is 11.4. The van der Waals surface area contributed by atoms with Crippen LogP contribution in [0.15, 0.2) is 18.2 Å². The summed E-state index contributed by atoms with van der Waals surface area (Å²) in [5.41, 5.74) is 0.570. The largest absolute Gasteiger partial charge is 0.481 e. The van der Waals surface area contributed by atoms with Crippen molar-refractivity contribution in [1.82, 2.24) is 0 Å². The van der Waals surface area contributed by atoms with Gasteiger partial charge in [0.15, 0.2) is 0 Å². The highest BCUT2D eigenvalue weighted by Crippen LogP contribution is 2.11. The molecule has 0 saturated carbocycles. The molecule has 0 aliphatic carbocycles. The number of rotatable bonds is 5. The van der Waals surface area contributed by atoms with Gasteiger partial charge in [0, 0.05) is 6.42 Å². The van der Waals surface area contributed by atoms with Gasteiger partial charge in [-0.25, -0.2) is 9.59 Å². The number of carboxylic acids is 3. The van der Waals surface area contributed by atoms with Crippen molar-refractivity contribution < 1.29 is 29.7 Å². The van der Waals surface area contributed by atoms with Gasteiger partial charge in [0.1, 0.15) is 0 Å². The fourth-order valence-corrected chi connectivity index (χ4v) is 1.31. The fraction of sp³-hybridized carbons (Fsp3) is 0.357. The fourth-order valence-electron chi connectivity index (χ4n) is 1.31. The molecule has 0 heterocycles. The molecule has 0 unspecified atom stereocenters. The first-order valence-corrected chi connectivity index (χ1v) is 6.08. The summed E-state index contributed by atoms with van der Waals surface area (Å²) in [6, 6.07) is 4.01. The molecule has 1 rings (SSSR count). The predicted octanol–water partition coefficient (Wildman–Crippen LogP) is 2.65. The molecule has 3 N–H and O–H groups in total. The highest BCUT2D eigenvalue weighted by molar-refractivity contribution is 5.94. The Morgan fingerprint density at radius 3 is 2.00 bits per heavy atom. The van der Waals surface area contributed by atoms with Crippen LogP contribution in [0.2, 0.25) is 0 Å². The van der Waals surface area contributed by atoms with Crippen LogP contribution in [0.1, 0.15) is 52.5 Å². The number of aromatic carboxylic acids is 2. The van der Waals surface area contributed by atoms with E-state index >= 15 is 0 Å². The first kappa shape index (κ1) is 17.6. The van der Waals surface area contributed by atoms with Gasteiger partial charge in [-0.15, -0.1) is 0 Å². The van der Waals surface area contributed by atoms with Crippen LogP contribution in [0.5, 0.6) is 0 Å². The summed E-state index contributed by atoms with van der Waals surface area (Å²) in [6.07, 6.45) is 2.08. The van der Waals surface area contributed by atoms with Crippen LogP contribution in [0.3, 0.4) is 0 Å². The van der Waals surface area contributed by atoms with Crippen molar-refractivity contribution in [2.45, 2.75) is 33.1 Å². The minimum atomic E-state index is -1.12. The number of unbranched alkanes of at least 4 members (excludes halogenated alkanes) is 1. The second kappa shape index (κ2) is 8.68. The number of hydrogen-bond acceptors (Lipinski definition) is 3. The Morgan fingerprint density at radius 2 is 1.65 bits per heavy atom. The van der Waals surface area contributed by atoms with Gasteiger partial charge in [-0.3, -0.25) is 4.79 Å². The smallest absolute Gasteiger partial charge is 0.335 e. The highest BCUT2D eigenvalue weighted by Gasteiger charge is 2.10. The van der Waals surface area contributed by atoms with Crippen LogP contribution >= 0.6 is 0 Å². The second-order valence-corrected chi connectivity index (χ2v) is 4.14. The average molecular weight is 282 g/mol. The lowest BCUT2D eigenvalue weighted by atomic mass is 10.1. The van der Waals surface area contributed by atoms with Crippen molar-refractivity contribution in [3.05, 3.63) is 34.9 Å². The Balaban J connectivity index is 0.000000441. The minimum absolute atomic E-state index is 0.0111. The van der Waals surface area contributed by atoms with E-state index in [0.29, 0.717) is 12.0 Å². The first-order valence-electron chi connectivity index (χ1n) is 6.08. The average Bonchev–Trinajstić information content (AvgIpc) is 2.36. The molecule has 20 heavy (non-hydrogen) atoms. The quantitative estimate of drug-likeness (QED) is 0.765. The first-order chi connectivity index (χ1) is 9.29. The zero-order valence-electron chi connectivity index (χ0n) is 11.4. The topological polar surface area (TPSA) is 112 Å². The lowest BCUT2D eigenvalue weighted by molar-refractivity contribution is -0.137. The normalized spacial score (nSPS) is 9.30. The molecule has 0 atom stereocenters. The molecule has 1 aromatic carbocycles. The molecule has 6 nitrogen and oxygen atoms in total. The van der Waals surface area contributed by atoms with E-state index in [4.69, 9.17) is 15.3 Å². The molecule has 1 aromatic rings. The summed E-state index contributed by atoms with van der Waals surface area (Å²) in [7, 11) is 0. The van der Waals surface area contributed by atoms with Gasteiger partial charge in [0.2, 0.25) is 0 Å². The minimum Gasteiger partial charge on any atom is -0.481 e. The van der Waals surface area contributed by atoms with Gasteiger partial charge in [-0.2, -0.15) is 0 Å². The summed E-state index contributed by atoms with van der Waals surface area (Å²) < 4.78 is 0. The van der Waals surface area contributed by atoms with Crippen molar-refractivity contribution in [1.29, 1.82) is 0 Å². The van der Waals surface area contributed by atoms with Gasteiger partial charge in [-0.1, -0.05) is 19.4 Å². The molecule has 0 aliphatic rings. The molecule has 0 aliphatic heterocycles. The molecule has 110 valence electrons. The van der Waals surface area contributed by atoms with E-state index in [2.05, 4.69) is 0 Å². The Morgan fingerprint density at radius 1 is 1.05 bits per heavy atom. The molecule has 0 radical (unpaired) electrons. The molecule has 0 spiro atoms. The van der Waals surface area contributed by atoms with E-state index < -0.39 is 17.9 Å². The molecule has 0 bridgehead atoms. The zero-order chi connectivity index (χ0) is 15.7. The molecular formula is C14H18O6. The standard InChI is InChI=1S/C9H8O4.C5H10O2/c1-5-2-3-6(8(10)11)4-7(5)9(12)13;1-2-3-4-5(6)7/h2-4H,1H3,(H,10,11)(H,12,13);2-4H2,1H3,(H,6,7). The van der Waals surface area contributed by atoms with Crippen LogP contribution in [0.25, 0.3) is 0 Å². The lowest BCUT2D eigenvalue weighted by Crippen LogP contribution is -2.03. The van der Waals surface area contributed by atoms with Gasteiger partial charge in [0.25, 0.3) is 0 Å². The third-order valence-corrected chi connectivity index (χ3v) is 2.46. The Bertz CT molecular complexity index is 492. The molecule has 0 amide bonds. The molecule has 6 heteroatoms. The number of aryl methyl sites for hydroxylation is 1. The Kier molecular flexibility index (Phi) is 7.65. The third kappa shape index (κ3) is 6.53. The van der Waals surface area contributed by atoms with E-state index in [1.165, 1.54) is 12.1 Å². The van der Waals surface area contributed by atoms with Crippen molar-refractivity contribution in [2.75, 3.05) is 0 Å². The summed E-state index contributed by atoms with van der Waals surface area (Å²) in [6.45, 7) is 3.60. The SMILES string of the molecule is CCCCC(=O)O.Cc1ccc(C(=O)O)cc1C(=O)O. The number of carboxylic acid groups (broad SMARTS) is 3. The van der Waals surface area contributed by atoms with Gasteiger partial charge in [0.05, 0.1) is 11.1 Å². The molecule has 0 fully saturated rings. The van der Waals surface area contributed by atoms with E-state index in [1.54, 1.807) is 6.92 Å². The van der Waals surface area contributed by atoms with E-state index in [1.807, 2.05) is 6.92 Å². The Hall–Kier alpha value is -2.37. The second-order valence-electron chi connectivity index (χ2n) is 4.14. The molecular weight excluding hydrogens is 264 g/mol. The maximum atomic E-state index is 10.6. The number of benzene rings is 1. The van der Waals surface area contributed by atoms with Crippen LogP contribution in [-0.2, 0) is 4.79 Å². The van der Waals surface area contributed by atoms with Gasteiger partial charge >= 0.3 is 17.9 Å². The van der Waals surface area contributed by atoms with E-state index in [9.17, 15) is 14.4 Å². The van der Waals surface area contributed by atoms with Crippen molar-refractivity contribution in [3.8, 4) is 0 Å². The monoisotopic (exact) mass is 282 g/mol. The number of hydrogen-bond donors (Lipinski definition) is 3. The number of carbonyl (C=O) groups is 3. The lowest BCUT2D eigenvalue weighted by Gasteiger charge is -2.01. The van der Waals surface area contributed by atoms with Crippen LogP contribution in [0.4, 0.5) is 0 Å². The van der Waals surface area contributed by atoms with E-state index in [0.717, 1.165) is 18.9 Å². The summed E-state index contributed by atoms with van der Waals surface area (Å²) in [4.78, 5) is 30.9. The van der Waals surface area contributed by atoms with Crippen molar-refractivity contribution in [3.63, 3.8) is 0 Å². The van der Waals surface area contributed by atoms with Gasteiger partial charge < -0.3 is 15.3 Å². The molecule has 0 aromatic heterocycles. The van der Waals surface area contributed by atoms with Crippen LogP contribution < -0.4 is 0 Å². The third-order valence-electron chi connectivity index (χ3n) is 2.46. The number of aliphatic carboxylic acids is 1. The van der Waals surface area contributed by atoms with Crippen molar-refractivity contribution >= 4 is 17.9 Å². The Labute approximate surface area is 116 Å². The van der Waals surface area contributed by atoms with Crippen molar-refractivity contribution in [2.24, 2.45) is 0 Å². The van der Waals surface area contributed by atoms with E-state index in [-0.39, 0.29) is 11.1 Å². The highest BCUT2D eigenvalue weighted by atomic mass is 16.4. The maximum absolute atomic E-state index is 10.6. The summed E-state index contributed by atoms with van der Waals surface area (Å²) >= 11 is 0. The van der Waals surface area contributed by atoms with Crippen LogP contribution in [0, 0.1) is 6.92 Å². The van der Waals surface area contributed by atoms with Gasteiger partial charge in [-0.05, 0) is 31.0 Å². The summed E-state index contributed by atoms with van der Waals surface area (Å²) in [5, 5.41) is 25.3. The predicted molar refractivity (Wildman–Crippen MR) is 72.3 cm³/mol. The van der Waals surface area contributed by atoms with Crippen LogP contribution in [-0.4, -0.2) is 33.2 Å². The summed E-state index contributed by atoms with van der Waals surface area (Å²) in [5.74, 6) is -2.93.